The van der Waals surface area contributed by atoms with Gasteiger partial charge in [-0.05, 0) is 30.3 Å². The van der Waals surface area contributed by atoms with E-state index in [2.05, 4.69) is 15.6 Å². The minimum absolute atomic E-state index is 0.000907. The molecule has 0 saturated heterocycles. The van der Waals surface area contributed by atoms with Crippen LogP contribution in [0.25, 0.3) is 0 Å². The Labute approximate surface area is 142 Å². The lowest BCUT2D eigenvalue weighted by Gasteiger charge is -2.14. The van der Waals surface area contributed by atoms with Crippen LogP contribution in [0.1, 0.15) is 17.7 Å². The van der Waals surface area contributed by atoms with Crippen LogP contribution in [0.15, 0.2) is 42.6 Å². The molecule has 2 aromatic rings. The third-order valence-electron chi connectivity index (χ3n) is 3.15. The van der Waals surface area contributed by atoms with Gasteiger partial charge in [-0.2, -0.15) is 13.2 Å². The van der Waals surface area contributed by atoms with Gasteiger partial charge in [0.25, 0.3) is 0 Å². The van der Waals surface area contributed by atoms with Crippen molar-refractivity contribution in [2.75, 3.05) is 11.9 Å². The molecule has 2 rings (SSSR count). The zero-order valence-corrected chi connectivity index (χ0v) is 13.3. The predicted molar refractivity (Wildman–Crippen MR) is 85.6 cm³/mol. The molecule has 0 aliphatic heterocycles. The van der Waals surface area contributed by atoms with Crippen molar-refractivity contribution < 1.29 is 18.0 Å². The van der Waals surface area contributed by atoms with Gasteiger partial charge in [0.05, 0.1) is 17.8 Å². The van der Waals surface area contributed by atoms with E-state index < -0.39 is 11.7 Å². The molecule has 0 bridgehead atoms. The Hall–Kier alpha value is -2.28. The maximum atomic E-state index is 12.9. The van der Waals surface area contributed by atoms with Crippen molar-refractivity contribution in [3.05, 3.63) is 58.9 Å². The summed E-state index contributed by atoms with van der Waals surface area (Å²) in [5, 5.41) is 5.28. The maximum Gasteiger partial charge on any atom is 0.418 e. The van der Waals surface area contributed by atoms with E-state index in [1.807, 2.05) is 0 Å². The molecule has 1 heterocycles. The second-order valence-electron chi connectivity index (χ2n) is 4.96. The highest BCUT2D eigenvalue weighted by atomic mass is 35.5. The molecular weight excluding hydrogens is 343 g/mol. The number of hydrogen-bond donors (Lipinski definition) is 2. The van der Waals surface area contributed by atoms with E-state index in [4.69, 9.17) is 11.6 Å². The zero-order chi connectivity index (χ0) is 17.6. The summed E-state index contributed by atoms with van der Waals surface area (Å²) in [6.45, 7) is 0.340. The number of carbonyl (C=O) groups excluding carboxylic acids is 1. The van der Waals surface area contributed by atoms with E-state index >= 15 is 0 Å². The number of carbonyl (C=O) groups is 1. The van der Waals surface area contributed by atoms with Crippen LogP contribution in [-0.4, -0.2) is 17.4 Å². The molecule has 128 valence electrons. The number of amides is 1. The number of rotatable bonds is 6. The van der Waals surface area contributed by atoms with Crippen molar-refractivity contribution in [2.24, 2.45) is 0 Å². The highest BCUT2D eigenvalue weighted by molar-refractivity contribution is 6.30. The first-order valence-corrected chi connectivity index (χ1v) is 7.51. The number of anilines is 1. The molecule has 0 spiro atoms. The van der Waals surface area contributed by atoms with E-state index in [9.17, 15) is 18.0 Å². The van der Waals surface area contributed by atoms with E-state index in [0.717, 1.165) is 6.07 Å². The van der Waals surface area contributed by atoms with Gasteiger partial charge < -0.3 is 10.6 Å². The van der Waals surface area contributed by atoms with Gasteiger partial charge in [0.15, 0.2) is 0 Å². The molecule has 0 fully saturated rings. The van der Waals surface area contributed by atoms with Crippen LogP contribution in [0, 0.1) is 0 Å². The first kappa shape index (κ1) is 18.1. The number of pyridine rings is 1. The molecule has 0 aliphatic rings. The molecule has 1 aromatic heterocycles. The largest absolute Gasteiger partial charge is 0.418 e. The molecule has 0 unspecified atom stereocenters. The average molecular weight is 358 g/mol. The number of nitrogens with zero attached hydrogens (tertiary/aromatic N) is 1. The summed E-state index contributed by atoms with van der Waals surface area (Å²) in [5.41, 5.74) is -0.260. The Balaban J connectivity index is 1.85. The minimum Gasteiger partial charge on any atom is -0.384 e. The summed E-state index contributed by atoms with van der Waals surface area (Å²) >= 11 is 5.61. The lowest BCUT2D eigenvalue weighted by Crippen LogP contribution is -2.25. The fourth-order valence-electron chi connectivity index (χ4n) is 2.00. The number of nitrogens with one attached hydrogen (secondary N) is 2. The highest BCUT2D eigenvalue weighted by Gasteiger charge is 2.33. The van der Waals surface area contributed by atoms with Gasteiger partial charge in [-0.3, -0.25) is 9.78 Å². The van der Waals surface area contributed by atoms with Gasteiger partial charge in [-0.1, -0.05) is 17.7 Å². The van der Waals surface area contributed by atoms with Gasteiger partial charge in [0.1, 0.15) is 0 Å². The van der Waals surface area contributed by atoms with Crippen molar-refractivity contribution >= 4 is 23.2 Å². The summed E-state index contributed by atoms with van der Waals surface area (Å²) in [6.07, 6.45) is -2.87. The first-order chi connectivity index (χ1) is 11.4. The summed E-state index contributed by atoms with van der Waals surface area (Å²) in [4.78, 5) is 15.8. The van der Waals surface area contributed by atoms with Gasteiger partial charge in [0, 0.05) is 29.9 Å². The summed E-state index contributed by atoms with van der Waals surface area (Å²) in [6, 6.07) is 8.79. The Morgan fingerprint density at radius 3 is 2.67 bits per heavy atom. The van der Waals surface area contributed by atoms with Crippen LogP contribution in [0.3, 0.4) is 0 Å². The Morgan fingerprint density at radius 1 is 1.21 bits per heavy atom. The third kappa shape index (κ3) is 5.42. The van der Waals surface area contributed by atoms with E-state index in [1.165, 1.54) is 12.1 Å². The molecule has 1 aromatic carbocycles. The normalized spacial score (nSPS) is 11.2. The summed E-state index contributed by atoms with van der Waals surface area (Å²) < 4.78 is 38.8. The Morgan fingerprint density at radius 2 is 2.00 bits per heavy atom. The SMILES string of the molecule is O=C(CCNc1ccc(Cl)cc1C(F)(F)F)NCc1ccccn1. The number of alkyl halides is 3. The lowest BCUT2D eigenvalue weighted by molar-refractivity contribution is -0.137. The topological polar surface area (TPSA) is 54.0 Å². The van der Waals surface area contributed by atoms with Gasteiger partial charge in [-0.15, -0.1) is 0 Å². The van der Waals surface area contributed by atoms with E-state index in [0.29, 0.717) is 5.69 Å². The quantitative estimate of drug-likeness (QED) is 0.825. The van der Waals surface area contributed by atoms with Crippen LogP contribution >= 0.6 is 11.6 Å². The van der Waals surface area contributed by atoms with Gasteiger partial charge in [-0.25, -0.2) is 0 Å². The molecule has 0 atom stereocenters. The van der Waals surface area contributed by atoms with Crippen LogP contribution in [-0.2, 0) is 17.5 Å². The minimum atomic E-state index is -4.52. The molecule has 0 aliphatic carbocycles. The van der Waals surface area contributed by atoms with Crippen molar-refractivity contribution in [3.8, 4) is 0 Å². The summed E-state index contributed by atoms with van der Waals surface area (Å²) in [5.74, 6) is -0.282. The zero-order valence-electron chi connectivity index (χ0n) is 12.5. The van der Waals surface area contributed by atoms with Crippen LogP contribution in [0.4, 0.5) is 18.9 Å². The lowest BCUT2D eigenvalue weighted by atomic mass is 10.1. The van der Waals surface area contributed by atoms with E-state index in [-0.39, 0.29) is 36.1 Å². The van der Waals surface area contributed by atoms with Crippen molar-refractivity contribution in [2.45, 2.75) is 19.1 Å². The molecular formula is C16H15ClF3N3O. The Kier molecular flexibility index (Phi) is 6.03. The van der Waals surface area contributed by atoms with Gasteiger partial charge in [0.2, 0.25) is 5.91 Å². The number of halogens is 4. The first-order valence-electron chi connectivity index (χ1n) is 7.13. The van der Waals surface area contributed by atoms with Gasteiger partial charge >= 0.3 is 6.18 Å². The Bertz CT molecular complexity index is 693. The molecule has 8 heteroatoms. The van der Waals surface area contributed by atoms with Crippen LogP contribution < -0.4 is 10.6 Å². The second kappa shape index (κ2) is 8.01. The van der Waals surface area contributed by atoms with Crippen molar-refractivity contribution in [1.82, 2.24) is 10.3 Å². The molecule has 0 radical (unpaired) electrons. The van der Waals surface area contributed by atoms with Crippen molar-refractivity contribution in [1.29, 1.82) is 0 Å². The highest BCUT2D eigenvalue weighted by Crippen LogP contribution is 2.36. The molecule has 4 nitrogen and oxygen atoms in total. The monoisotopic (exact) mass is 357 g/mol. The molecule has 2 N–H and O–H groups in total. The standard InChI is InChI=1S/C16H15ClF3N3O/c17-11-4-5-14(13(9-11)16(18,19)20)22-8-6-15(24)23-10-12-3-1-2-7-21-12/h1-5,7,9,22H,6,8,10H2,(H,23,24). The average Bonchev–Trinajstić information content (AvgIpc) is 2.54. The third-order valence-corrected chi connectivity index (χ3v) is 3.38. The van der Waals surface area contributed by atoms with Crippen LogP contribution in [0.5, 0.6) is 0 Å². The van der Waals surface area contributed by atoms with Crippen molar-refractivity contribution in [3.63, 3.8) is 0 Å². The number of benzene rings is 1. The summed E-state index contributed by atoms with van der Waals surface area (Å²) in [7, 11) is 0. The fourth-order valence-corrected chi connectivity index (χ4v) is 2.17. The number of aromatic nitrogens is 1. The molecule has 24 heavy (non-hydrogen) atoms. The predicted octanol–water partition coefficient (Wildman–Crippen LogP) is 3.87. The molecule has 0 saturated carbocycles. The maximum absolute atomic E-state index is 12.9. The second-order valence-corrected chi connectivity index (χ2v) is 5.40. The number of hydrogen-bond acceptors (Lipinski definition) is 3. The smallest absolute Gasteiger partial charge is 0.384 e. The van der Waals surface area contributed by atoms with Crippen LogP contribution in [0.2, 0.25) is 5.02 Å². The van der Waals surface area contributed by atoms with E-state index in [1.54, 1.807) is 24.4 Å². The fraction of sp³-hybridized carbons (Fsp3) is 0.250. The molecule has 1 amide bonds.